The molecule has 0 saturated heterocycles. The zero-order valence-electron chi connectivity index (χ0n) is 15.1. The Hall–Kier alpha value is -2.39. The monoisotopic (exact) mass is 489 g/mol. The van der Waals surface area contributed by atoms with Gasteiger partial charge in [0.25, 0.3) is 0 Å². The lowest BCUT2D eigenvalue weighted by Gasteiger charge is -2.09. The molecule has 2 heterocycles. The fraction of sp³-hybridized carbons (Fsp3) is 0.111. The van der Waals surface area contributed by atoms with Crippen molar-refractivity contribution in [2.24, 2.45) is 5.10 Å². The number of hydrogen-bond donors (Lipinski definition) is 2. The number of carboxylic acid groups (broad SMARTS) is 1. The SMILES string of the molecule is Cc1nn(Cc2ccc(F)cc2)c(Cl)c1C=NNc1c(Cl)c(Cl)nc(C(=O)O)c1Cl. The second kappa shape index (κ2) is 9.18. The van der Waals surface area contributed by atoms with Crippen molar-refractivity contribution in [2.75, 3.05) is 5.43 Å². The Morgan fingerprint density at radius 2 is 1.90 bits per heavy atom. The van der Waals surface area contributed by atoms with Gasteiger partial charge in [-0.2, -0.15) is 10.2 Å². The molecule has 0 atom stereocenters. The van der Waals surface area contributed by atoms with E-state index < -0.39 is 11.7 Å². The molecule has 12 heteroatoms. The van der Waals surface area contributed by atoms with Crippen molar-refractivity contribution in [3.8, 4) is 0 Å². The lowest BCUT2D eigenvalue weighted by Crippen LogP contribution is -2.05. The summed E-state index contributed by atoms with van der Waals surface area (Å²) in [6, 6.07) is 5.97. The van der Waals surface area contributed by atoms with Gasteiger partial charge in [-0.25, -0.2) is 18.9 Å². The molecule has 0 unspecified atom stereocenters. The van der Waals surface area contributed by atoms with Crippen molar-refractivity contribution >= 4 is 64.3 Å². The van der Waals surface area contributed by atoms with Crippen LogP contribution in [0.3, 0.4) is 0 Å². The van der Waals surface area contributed by atoms with Crippen LogP contribution in [-0.4, -0.2) is 32.1 Å². The van der Waals surface area contributed by atoms with E-state index in [1.807, 2.05) is 0 Å². The van der Waals surface area contributed by atoms with Gasteiger partial charge in [-0.3, -0.25) is 5.43 Å². The number of aromatic nitrogens is 3. The molecule has 0 fully saturated rings. The van der Waals surface area contributed by atoms with Gasteiger partial charge in [0, 0.05) is 0 Å². The zero-order chi connectivity index (χ0) is 22.0. The van der Waals surface area contributed by atoms with E-state index in [-0.39, 0.29) is 26.7 Å². The molecule has 0 aliphatic heterocycles. The molecule has 30 heavy (non-hydrogen) atoms. The van der Waals surface area contributed by atoms with Gasteiger partial charge in [-0.15, -0.1) is 0 Å². The highest BCUT2D eigenvalue weighted by Crippen LogP contribution is 2.36. The summed E-state index contributed by atoms with van der Waals surface area (Å²) < 4.78 is 14.6. The average Bonchev–Trinajstić information content (AvgIpc) is 2.96. The van der Waals surface area contributed by atoms with Crippen molar-refractivity contribution in [3.63, 3.8) is 0 Å². The molecular weight excluding hydrogens is 479 g/mol. The van der Waals surface area contributed by atoms with E-state index in [1.54, 1.807) is 19.1 Å². The van der Waals surface area contributed by atoms with Gasteiger partial charge in [0.15, 0.2) is 10.8 Å². The number of pyridine rings is 1. The second-order valence-electron chi connectivity index (χ2n) is 6.00. The van der Waals surface area contributed by atoms with Crippen LogP contribution < -0.4 is 5.43 Å². The lowest BCUT2D eigenvalue weighted by atomic mass is 10.2. The fourth-order valence-electron chi connectivity index (χ4n) is 2.50. The summed E-state index contributed by atoms with van der Waals surface area (Å²) in [4.78, 5) is 14.9. The Morgan fingerprint density at radius 3 is 2.53 bits per heavy atom. The molecule has 0 amide bonds. The molecule has 0 radical (unpaired) electrons. The Bertz CT molecular complexity index is 1150. The molecular formula is C18H12Cl4FN5O2. The van der Waals surface area contributed by atoms with E-state index in [0.29, 0.717) is 23.0 Å². The summed E-state index contributed by atoms with van der Waals surface area (Å²) in [6.07, 6.45) is 1.38. The van der Waals surface area contributed by atoms with Gasteiger partial charge in [0.1, 0.15) is 21.0 Å². The van der Waals surface area contributed by atoms with Crippen molar-refractivity contribution in [2.45, 2.75) is 13.5 Å². The van der Waals surface area contributed by atoms with Crippen molar-refractivity contribution in [1.82, 2.24) is 14.8 Å². The van der Waals surface area contributed by atoms with Crippen molar-refractivity contribution in [1.29, 1.82) is 0 Å². The topological polar surface area (TPSA) is 92.4 Å². The molecule has 0 aliphatic rings. The van der Waals surface area contributed by atoms with E-state index >= 15 is 0 Å². The number of aryl methyl sites for hydroxylation is 1. The molecule has 7 nitrogen and oxygen atoms in total. The maximum Gasteiger partial charge on any atom is 0.356 e. The number of halogens is 5. The first-order valence-electron chi connectivity index (χ1n) is 8.23. The van der Waals surface area contributed by atoms with E-state index in [2.05, 4.69) is 20.6 Å². The number of rotatable bonds is 6. The van der Waals surface area contributed by atoms with Crippen LogP contribution in [0.4, 0.5) is 10.1 Å². The number of anilines is 1. The smallest absolute Gasteiger partial charge is 0.356 e. The van der Waals surface area contributed by atoms with E-state index in [1.165, 1.54) is 23.0 Å². The minimum Gasteiger partial charge on any atom is -0.476 e. The van der Waals surface area contributed by atoms with Crippen molar-refractivity contribution in [3.05, 3.63) is 72.9 Å². The maximum atomic E-state index is 13.1. The van der Waals surface area contributed by atoms with E-state index in [9.17, 15) is 9.18 Å². The van der Waals surface area contributed by atoms with Crippen molar-refractivity contribution < 1.29 is 14.3 Å². The molecule has 156 valence electrons. The molecule has 3 rings (SSSR count). The molecule has 2 N–H and O–H groups in total. The van der Waals surface area contributed by atoms with Gasteiger partial charge < -0.3 is 5.11 Å². The largest absolute Gasteiger partial charge is 0.476 e. The van der Waals surface area contributed by atoms with Crippen LogP contribution in [0.1, 0.15) is 27.3 Å². The number of carboxylic acids is 1. The molecule has 3 aromatic rings. The van der Waals surface area contributed by atoms with Crippen LogP contribution in [0, 0.1) is 12.7 Å². The summed E-state index contributed by atoms with van der Waals surface area (Å²) >= 11 is 24.3. The Kier molecular flexibility index (Phi) is 6.82. The quantitative estimate of drug-likeness (QED) is 0.269. The summed E-state index contributed by atoms with van der Waals surface area (Å²) in [5, 5.41) is 17.3. The van der Waals surface area contributed by atoms with Gasteiger partial charge in [0.05, 0.1) is 29.7 Å². The van der Waals surface area contributed by atoms with Gasteiger partial charge in [-0.05, 0) is 24.6 Å². The first kappa shape index (κ1) is 22.3. The first-order chi connectivity index (χ1) is 14.2. The minimum absolute atomic E-state index is 0.0144. The number of nitrogens with zero attached hydrogens (tertiary/aromatic N) is 4. The second-order valence-corrected chi connectivity index (χ2v) is 7.48. The van der Waals surface area contributed by atoms with Crippen LogP contribution in [0.5, 0.6) is 0 Å². The number of hydrogen-bond acceptors (Lipinski definition) is 5. The highest BCUT2D eigenvalue weighted by atomic mass is 35.5. The van der Waals surface area contributed by atoms with Crippen LogP contribution in [0.15, 0.2) is 29.4 Å². The predicted molar refractivity (Wildman–Crippen MR) is 115 cm³/mol. The molecule has 1 aromatic carbocycles. The number of hydrazone groups is 1. The average molecular weight is 491 g/mol. The highest BCUT2D eigenvalue weighted by molar-refractivity contribution is 6.46. The maximum absolute atomic E-state index is 13.1. The number of benzene rings is 1. The minimum atomic E-state index is -1.37. The molecule has 0 bridgehead atoms. The Balaban J connectivity index is 1.85. The summed E-state index contributed by atoms with van der Waals surface area (Å²) in [5.41, 5.74) is 4.00. The van der Waals surface area contributed by atoms with Crippen LogP contribution in [-0.2, 0) is 6.54 Å². The summed E-state index contributed by atoms with van der Waals surface area (Å²) in [6.45, 7) is 2.07. The van der Waals surface area contributed by atoms with Crippen LogP contribution in [0.2, 0.25) is 20.4 Å². The zero-order valence-corrected chi connectivity index (χ0v) is 18.2. The molecule has 2 aromatic heterocycles. The fourth-order valence-corrected chi connectivity index (χ4v) is 3.45. The first-order valence-corrected chi connectivity index (χ1v) is 9.74. The third-order valence-electron chi connectivity index (χ3n) is 3.97. The Morgan fingerprint density at radius 1 is 1.23 bits per heavy atom. The van der Waals surface area contributed by atoms with Gasteiger partial charge in [-0.1, -0.05) is 58.5 Å². The third kappa shape index (κ3) is 4.67. The number of carbonyl (C=O) groups is 1. The summed E-state index contributed by atoms with van der Waals surface area (Å²) in [5.74, 6) is -1.70. The van der Waals surface area contributed by atoms with Crippen LogP contribution >= 0.6 is 46.4 Å². The molecule has 0 aliphatic carbocycles. The molecule has 0 saturated carbocycles. The third-order valence-corrected chi connectivity index (χ3v) is 5.47. The Labute approximate surface area is 190 Å². The van der Waals surface area contributed by atoms with Gasteiger partial charge in [0.2, 0.25) is 0 Å². The van der Waals surface area contributed by atoms with Crippen LogP contribution in [0.25, 0.3) is 0 Å². The van der Waals surface area contributed by atoms with Gasteiger partial charge >= 0.3 is 5.97 Å². The summed E-state index contributed by atoms with van der Waals surface area (Å²) in [7, 11) is 0. The highest BCUT2D eigenvalue weighted by Gasteiger charge is 2.21. The standard InChI is InChI=1S/C18H12Cl4FN5O2/c1-8-11(17(22)28(27-8)7-9-2-4-10(23)5-3-9)6-24-26-14-12(19)15(18(29)30)25-16(21)13(14)20/h2-6H,7H2,1H3,(H,25,26)(H,29,30). The lowest BCUT2D eigenvalue weighted by molar-refractivity contribution is 0.0691. The van der Waals surface area contributed by atoms with E-state index in [4.69, 9.17) is 51.5 Å². The predicted octanol–water partition coefficient (Wildman–Crippen LogP) is 5.53. The number of aromatic carboxylic acids is 1. The number of nitrogens with one attached hydrogen (secondary N) is 1. The normalized spacial score (nSPS) is 11.3. The molecule has 0 spiro atoms. The van der Waals surface area contributed by atoms with E-state index in [0.717, 1.165) is 5.56 Å².